The number of rotatable bonds is 7. The Morgan fingerprint density at radius 2 is 1.67 bits per heavy atom. The van der Waals surface area contributed by atoms with Crippen molar-refractivity contribution in [1.29, 1.82) is 0 Å². The predicted molar refractivity (Wildman–Crippen MR) is 157 cm³/mol. The van der Waals surface area contributed by atoms with Crippen LogP contribution in [0.5, 0.6) is 0 Å². The van der Waals surface area contributed by atoms with E-state index in [-0.39, 0.29) is 29.5 Å². The van der Waals surface area contributed by atoms with Crippen LogP contribution < -0.4 is 0 Å². The molecule has 3 atom stereocenters. The molecule has 7 rings (SSSR count). The van der Waals surface area contributed by atoms with Crippen LogP contribution in [-0.4, -0.2) is 41.1 Å². The van der Waals surface area contributed by atoms with E-state index in [4.69, 9.17) is 11.6 Å². The summed E-state index contributed by atoms with van der Waals surface area (Å²) in [6, 6.07) is 15.3. The lowest BCUT2D eigenvalue weighted by molar-refractivity contribution is 0.0737. The van der Waals surface area contributed by atoms with Crippen molar-refractivity contribution in [2.45, 2.75) is 55.5 Å². The number of carbonyl (C=O) groups excluding carboxylic acids is 1. The Morgan fingerprint density at radius 1 is 0.952 bits per heavy atom. The molecule has 0 bridgehead atoms. The fraction of sp³-hybridized carbons (Fsp3) is 0.281. The molecule has 10 heteroatoms. The van der Waals surface area contributed by atoms with E-state index in [1.807, 2.05) is 4.31 Å². The van der Waals surface area contributed by atoms with Crippen LogP contribution in [0.25, 0.3) is 11.8 Å². The van der Waals surface area contributed by atoms with Gasteiger partial charge in [0.1, 0.15) is 28.3 Å². The molecule has 3 aliphatic rings. The summed E-state index contributed by atoms with van der Waals surface area (Å²) in [6.45, 7) is 0. The molecule has 214 valence electrons. The van der Waals surface area contributed by atoms with Crippen LogP contribution >= 0.6 is 11.6 Å². The average molecular weight is 605 g/mol. The van der Waals surface area contributed by atoms with Crippen molar-refractivity contribution in [3.63, 3.8) is 0 Å². The first-order valence-electron chi connectivity index (χ1n) is 14.0. The van der Waals surface area contributed by atoms with E-state index in [1.54, 1.807) is 47.3 Å². The first-order chi connectivity index (χ1) is 20.3. The summed E-state index contributed by atoms with van der Waals surface area (Å²) in [4.78, 5) is 19.4. The number of pyridine rings is 1. The quantitative estimate of drug-likeness (QED) is 0.219. The number of ketones is 1. The third kappa shape index (κ3) is 4.83. The minimum absolute atomic E-state index is 0.0985. The van der Waals surface area contributed by atoms with Gasteiger partial charge >= 0.3 is 0 Å². The van der Waals surface area contributed by atoms with E-state index in [9.17, 15) is 17.8 Å². The van der Waals surface area contributed by atoms with Crippen molar-refractivity contribution in [1.82, 2.24) is 19.1 Å². The summed E-state index contributed by atoms with van der Waals surface area (Å²) in [5, 5.41) is 5.06. The summed E-state index contributed by atoms with van der Waals surface area (Å²) in [5.41, 5.74) is 2.92. The number of benzene rings is 2. The highest BCUT2D eigenvalue weighted by atomic mass is 35.5. The minimum Gasteiger partial charge on any atom is -0.291 e. The zero-order valence-electron chi connectivity index (χ0n) is 22.6. The van der Waals surface area contributed by atoms with Gasteiger partial charge in [0.2, 0.25) is 0 Å². The van der Waals surface area contributed by atoms with Crippen molar-refractivity contribution < 1.29 is 17.8 Å². The number of hydrogen-bond donors (Lipinski definition) is 0. The number of nitrogens with zero attached hydrogens (tertiary/aromatic N) is 4. The van der Waals surface area contributed by atoms with Crippen LogP contribution in [0.1, 0.15) is 53.8 Å². The highest BCUT2D eigenvalue weighted by Gasteiger charge is 2.52. The molecule has 0 saturated heterocycles. The van der Waals surface area contributed by atoms with Gasteiger partial charge in [-0.05, 0) is 111 Å². The molecule has 2 fully saturated rings. The van der Waals surface area contributed by atoms with Gasteiger partial charge in [0, 0.05) is 18.3 Å². The Kier molecular flexibility index (Phi) is 6.91. The smallest absolute Gasteiger partial charge is 0.191 e. The van der Waals surface area contributed by atoms with Gasteiger partial charge < -0.3 is 0 Å². The van der Waals surface area contributed by atoms with E-state index in [0.717, 1.165) is 41.8 Å². The number of hydrogen-bond acceptors (Lipinski definition) is 4. The molecular weight excluding hydrogens is 578 g/mol. The molecule has 2 aromatic heterocycles. The van der Waals surface area contributed by atoms with E-state index >= 15 is 0 Å². The number of Topliss-reactive ketones (excluding diaryl/α,β-unsaturated/α-hetero) is 1. The van der Waals surface area contributed by atoms with Gasteiger partial charge in [0.25, 0.3) is 0 Å². The zero-order chi connectivity index (χ0) is 29.0. The van der Waals surface area contributed by atoms with Crippen molar-refractivity contribution in [3.8, 4) is 5.69 Å². The SMILES string of the molecule is O=C(c1ccc(Cl)cn1)C12Cc3cnn(-c4ccc(F)cc4)c3C=C1CCC(N(C1CC1)S(=O)c1ccc(F)cc1)C2. The molecular formula is C32H27ClF2N4O2S. The predicted octanol–water partition coefficient (Wildman–Crippen LogP) is 6.75. The molecule has 3 aliphatic carbocycles. The summed E-state index contributed by atoms with van der Waals surface area (Å²) in [6.07, 6.45) is 9.40. The van der Waals surface area contributed by atoms with Gasteiger partial charge in [-0.15, -0.1) is 0 Å². The number of fused-ring (bicyclic) bond motifs is 2. The van der Waals surface area contributed by atoms with Crippen LogP contribution in [0.3, 0.4) is 0 Å². The Balaban J connectivity index is 1.29. The van der Waals surface area contributed by atoms with Crippen molar-refractivity contribution in [2.24, 2.45) is 5.41 Å². The van der Waals surface area contributed by atoms with Gasteiger partial charge in [0.15, 0.2) is 5.78 Å². The van der Waals surface area contributed by atoms with Crippen molar-refractivity contribution in [3.05, 3.63) is 112 Å². The Hall–Kier alpha value is -3.53. The van der Waals surface area contributed by atoms with Crippen LogP contribution in [0.4, 0.5) is 8.78 Å². The summed E-state index contributed by atoms with van der Waals surface area (Å²) in [7, 11) is -1.50. The van der Waals surface area contributed by atoms with E-state index < -0.39 is 16.4 Å². The zero-order valence-corrected chi connectivity index (χ0v) is 24.1. The third-order valence-corrected chi connectivity index (χ3v) is 10.5. The van der Waals surface area contributed by atoms with Crippen LogP contribution in [-0.2, 0) is 17.4 Å². The van der Waals surface area contributed by atoms with Crippen LogP contribution in [0.2, 0.25) is 5.02 Å². The first kappa shape index (κ1) is 27.3. The van der Waals surface area contributed by atoms with E-state index in [0.29, 0.717) is 34.9 Å². The van der Waals surface area contributed by atoms with Gasteiger partial charge in [-0.3, -0.25) is 9.78 Å². The Morgan fingerprint density at radius 3 is 2.33 bits per heavy atom. The molecule has 0 amide bonds. The maximum atomic E-state index is 14.5. The second kappa shape index (κ2) is 10.6. The van der Waals surface area contributed by atoms with Gasteiger partial charge in [-0.25, -0.2) is 22.0 Å². The topological polar surface area (TPSA) is 68.1 Å². The summed E-state index contributed by atoms with van der Waals surface area (Å²) < 4.78 is 45.0. The molecule has 0 spiro atoms. The van der Waals surface area contributed by atoms with Gasteiger partial charge in [-0.2, -0.15) is 5.10 Å². The molecule has 2 aromatic carbocycles. The maximum absolute atomic E-state index is 14.5. The lowest BCUT2D eigenvalue weighted by Gasteiger charge is -2.46. The fourth-order valence-electron chi connectivity index (χ4n) is 6.41. The third-order valence-electron chi connectivity index (χ3n) is 8.57. The first-order valence-corrected chi connectivity index (χ1v) is 15.5. The molecule has 3 unspecified atom stereocenters. The molecule has 6 nitrogen and oxygen atoms in total. The van der Waals surface area contributed by atoms with Crippen molar-refractivity contribution >= 4 is 34.4 Å². The highest BCUT2D eigenvalue weighted by molar-refractivity contribution is 7.82. The molecule has 0 radical (unpaired) electrons. The van der Waals surface area contributed by atoms with Gasteiger partial charge in [-0.1, -0.05) is 17.2 Å². The Labute approximate surface area is 249 Å². The number of carbonyl (C=O) groups is 1. The lowest BCUT2D eigenvalue weighted by atomic mass is 9.60. The second-order valence-corrected chi connectivity index (χ2v) is 13.1. The largest absolute Gasteiger partial charge is 0.291 e. The van der Waals surface area contributed by atoms with Crippen molar-refractivity contribution in [2.75, 3.05) is 0 Å². The maximum Gasteiger partial charge on any atom is 0.191 e. The van der Waals surface area contributed by atoms with E-state index in [2.05, 4.69) is 16.2 Å². The summed E-state index contributed by atoms with van der Waals surface area (Å²) in [5.74, 6) is -0.797. The molecule has 42 heavy (non-hydrogen) atoms. The lowest BCUT2D eigenvalue weighted by Crippen LogP contribution is -2.50. The average Bonchev–Trinajstić information content (AvgIpc) is 3.75. The van der Waals surface area contributed by atoms with Gasteiger partial charge in [0.05, 0.1) is 32.9 Å². The summed E-state index contributed by atoms with van der Waals surface area (Å²) >= 11 is 6.10. The highest BCUT2D eigenvalue weighted by Crippen LogP contribution is 2.52. The standard InChI is InChI=1S/C32H27ClF2N4O2S/c33-22-2-14-29(36-19-22)31(40)32-16-20-18-37-38(25-8-3-23(34)4-9-25)30(20)15-21(32)1-7-27(17-32)39(26-10-11-26)42(41)28-12-5-24(35)6-13-28/h2-6,8-9,12-15,18-19,26-27H,1,7,10-11,16-17H2. The number of aromatic nitrogens is 3. The molecule has 2 heterocycles. The van der Waals surface area contributed by atoms with Crippen LogP contribution in [0, 0.1) is 17.0 Å². The molecule has 4 aromatic rings. The minimum atomic E-state index is -1.50. The normalized spacial score (nSPS) is 22.3. The number of allylic oxidation sites excluding steroid dienone is 1. The second-order valence-electron chi connectivity index (χ2n) is 11.3. The molecule has 0 aliphatic heterocycles. The number of halogens is 3. The molecule has 2 saturated carbocycles. The molecule has 0 N–H and O–H groups in total. The van der Waals surface area contributed by atoms with Crippen LogP contribution in [0.15, 0.2) is 83.5 Å². The van der Waals surface area contributed by atoms with E-state index in [1.165, 1.54) is 30.5 Å². The Bertz CT molecular complexity index is 1720. The monoisotopic (exact) mass is 604 g/mol. The fourth-order valence-corrected chi connectivity index (χ4v) is 8.07.